The second-order valence-electron chi connectivity index (χ2n) is 4.63. The fraction of sp³-hybridized carbons (Fsp3) is 0.125. The van der Waals surface area contributed by atoms with Crippen LogP contribution in [0.1, 0.15) is 11.4 Å². The maximum atomic E-state index is 12.6. The molecule has 0 radical (unpaired) electrons. The van der Waals surface area contributed by atoms with Crippen molar-refractivity contribution in [2.45, 2.75) is 13.1 Å². The van der Waals surface area contributed by atoms with Gasteiger partial charge in [0.15, 0.2) is 0 Å². The van der Waals surface area contributed by atoms with Crippen molar-refractivity contribution < 1.29 is 0 Å². The molecule has 4 nitrogen and oxygen atoms in total. The first-order valence-electron chi connectivity index (χ1n) is 6.52. The van der Waals surface area contributed by atoms with E-state index in [2.05, 4.69) is 4.98 Å². The summed E-state index contributed by atoms with van der Waals surface area (Å²) in [6.45, 7) is 0.733. The zero-order valence-corrected chi connectivity index (χ0v) is 11.0. The summed E-state index contributed by atoms with van der Waals surface area (Å²) in [4.78, 5) is 17.1. The molecule has 2 aromatic carbocycles. The van der Waals surface area contributed by atoms with E-state index in [0.29, 0.717) is 23.3 Å². The van der Waals surface area contributed by atoms with Gasteiger partial charge < -0.3 is 5.73 Å². The van der Waals surface area contributed by atoms with Gasteiger partial charge in [-0.05, 0) is 17.7 Å². The second-order valence-corrected chi connectivity index (χ2v) is 4.63. The second kappa shape index (κ2) is 5.27. The lowest BCUT2D eigenvalue weighted by Gasteiger charge is -2.12. The van der Waals surface area contributed by atoms with E-state index in [1.807, 2.05) is 48.5 Å². The fourth-order valence-electron chi connectivity index (χ4n) is 2.30. The van der Waals surface area contributed by atoms with E-state index in [9.17, 15) is 4.79 Å². The predicted molar refractivity (Wildman–Crippen MR) is 79.4 cm³/mol. The molecule has 0 amide bonds. The number of hydrogen-bond acceptors (Lipinski definition) is 3. The van der Waals surface area contributed by atoms with Crippen LogP contribution in [0, 0.1) is 0 Å². The molecule has 0 unspecified atom stereocenters. The Morgan fingerprint density at radius 3 is 2.45 bits per heavy atom. The standard InChI is InChI=1S/C16H15N3O/c17-10-15-18-14-9-5-4-8-13(14)16(20)19(15)11-12-6-2-1-3-7-12/h1-9H,10-11,17H2. The van der Waals surface area contributed by atoms with Crippen molar-refractivity contribution in [1.29, 1.82) is 0 Å². The highest BCUT2D eigenvalue weighted by Gasteiger charge is 2.09. The van der Waals surface area contributed by atoms with E-state index in [4.69, 9.17) is 5.73 Å². The van der Waals surface area contributed by atoms with Crippen molar-refractivity contribution in [3.05, 3.63) is 76.3 Å². The van der Waals surface area contributed by atoms with Crippen molar-refractivity contribution in [3.8, 4) is 0 Å². The highest BCUT2D eigenvalue weighted by molar-refractivity contribution is 5.77. The summed E-state index contributed by atoms with van der Waals surface area (Å²) in [6, 6.07) is 17.2. The minimum atomic E-state index is -0.0418. The van der Waals surface area contributed by atoms with Crippen molar-refractivity contribution in [1.82, 2.24) is 9.55 Å². The van der Waals surface area contributed by atoms with Gasteiger partial charge in [-0.15, -0.1) is 0 Å². The number of nitrogens with zero attached hydrogens (tertiary/aromatic N) is 2. The van der Waals surface area contributed by atoms with Gasteiger partial charge in [-0.2, -0.15) is 0 Å². The third-order valence-electron chi connectivity index (χ3n) is 3.31. The molecule has 1 aromatic heterocycles. The molecule has 20 heavy (non-hydrogen) atoms. The van der Waals surface area contributed by atoms with E-state index in [1.165, 1.54) is 0 Å². The fourth-order valence-corrected chi connectivity index (χ4v) is 2.30. The van der Waals surface area contributed by atoms with Gasteiger partial charge in [0.1, 0.15) is 5.82 Å². The molecule has 1 heterocycles. The molecule has 0 aliphatic heterocycles. The Morgan fingerprint density at radius 2 is 1.70 bits per heavy atom. The Balaban J connectivity index is 2.18. The average Bonchev–Trinajstić information content (AvgIpc) is 2.51. The summed E-state index contributed by atoms with van der Waals surface area (Å²) in [5.41, 5.74) is 7.45. The summed E-state index contributed by atoms with van der Waals surface area (Å²) in [5, 5.41) is 0.626. The monoisotopic (exact) mass is 265 g/mol. The van der Waals surface area contributed by atoms with Crippen LogP contribution >= 0.6 is 0 Å². The summed E-state index contributed by atoms with van der Waals surface area (Å²) >= 11 is 0. The van der Waals surface area contributed by atoms with Crippen LogP contribution in [0.2, 0.25) is 0 Å². The summed E-state index contributed by atoms with van der Waals surface area (Å²) in [5.74, 6) is 0.609. The molecule has 0 fully saturated rings. The molecular weight excluding hydrogens is 250 g/mol. The van der Waals surface area contributed by atoms with Crippen LogP contribution in [-0.2, 0) is 13.1 Å². The van der Waals surface area contributed by atoms with Crippen LogP contribution in [0.25, 0.3) is 10.9 Å². The van der Waals surface area contributed by atoms with E-state index in [1.54, 1.807) is 10.6 Å². The molecular formula is C16H15N3O. The lowest BCUT2D eigenvalue weighted by Crippen LogP contribution is -2.27. The Labute approximate surface area is 116 Å². The van der Waals surface area contributed by atoms with Crippen molar-refractivity contribution in [2.75, 3.05) is 0 Å². The van der Waals surface area contributed by atoms with Crippen molar-refractivity contribution >= 4 is 10.9 Å². The molecule has 0 aliphatic rings. The van der Waals surface area contributed by atoms with E-state index >= 15 is 0 Å². The first kappa shape index (κ1) is 12.6. The molecule has 0 atom stereocenters. The molecule has 3 rings (SSSR count). The van der Waals surface area contributed by atoms with Gasteiger partial charge in [0.05, 0.1) is 24.0 Å². The third kappa shape index (κ3) is 2.21. The Morgan fingerprint density at radius 1 is 1.00 bits per heavy atom. The normalized spacial score (nSPS) is 10.8. The molecule has 100 valence electrons. The quantitative estimate of drug-likeness (QED) is 0.786. The number of benzene rings is 2. The highest BCUT2D eigenvalue weighted by atomic mass is 16.1. The molecule has 2 N–H and O–H groups in total. The summed E-state index contributed by atoms with van der Waals surface area (Å²) in [6.07, 6.45) is 0. The van der Waals surface area contributed by atoms with Gasteiger partial charge in [0.25, 0.3) is 5.56 Å². The van der Waals surface area contributed by atoms with Crippen LogP contribution in [0.3, 0.4) is 0 Å². The minimum Gasteiger partial charge on any atom is -0.324 e. The first-order valence-corrected chi connectivity index (χ1v) is 6.52. The molecule has 4 heteroatoms. The Kier molecular flexibility index (Phi) is 3.31. The number of rotatable bonds is 3. The number of nitrogens with two attached hydrogens (primary N) is 1. The topological polar surface area (TPSA) is 60.9 Å². The highest BCUT2D eigenvalue weighted by Crippen LogP contribution is 2.09. The van der Waals surface area contributed by atoms with E-state index in [-0.39, 0.29) is 12.1 Å². The van der Waals surface area contributed by atoms with Gasteiger partial charge in [-0.1, -0.05) is 42.5 Å². The maximum absolute atomic E-state index is 12.6. The predicted octanol–water partition coefficient (Wildman–Crippen LogP) is 1.90. The zero-order valence-electron chi connectivity index (χ0n) is 11.0. The Bertz CT molecular complexity index is 794. The largest absolute Gasteiger partial charge is 0.324 e. The van der Waals surface area contributed by atoms with Gasteiger partial charge >= 0.3 is 0 Å². The van der Waals surface area contributed by atoms with Gasteiger partial charge in [0.2, 0.25) is 0 Å². The number of hydrogen-bond donors (Lipinski definition) is 1. The van der Waals surface area contributed by atoms with Crippen LogP contribution in [0.4, 0.5) is 0 Å². The third-order valence-corrected chi connectivity index (χ3v) is 3.31. The summed E-state index contributed by atoms with van der Waals surface area (Å²) < 4.78 is 1.65. The molecule has 0 bridgehead atoms. The molecule has 0 spiro atoms. The van der Waals surface area contributed by atoms with Crippen LogP contribution < -0.4 is 11.3 Å². The lowest BCUT2D eigenvalue weighted by molar-refractivity contribution is 0.680. The van der Waals surface area contributed by atoms with Crippen molar-refractivity contribution in [3.63, 3.8) is 0 Å². The number of fused-ring (bicyclic) bond motifs is 1. The SMILES string of the molecule is NCc1nc2ccccc2c(=O)n1Cc1ccccc1. The van der Waals surface area contributed by atoms with Gasteiger partial charge in [-0.3, -0.25) is 9.36 Å². The van der Waals surface area contributed by atoms with E-state index < -0.39 is 0 Å². The van der Waals surface area contributed by atoms with E-state index in [0.717, 1.165) is 5.56 Å². The minimum absolute atomic E-state index is 0.0418. The molecule has 0 saturated heterocycles. The van der Waals surface area contributed by atoms with Crippen LogP contribution in [0.15, 0.2) is 59.4 Å². The van der Waals surface area contributed by atoms with Crippen LogP contribution in [0.5, 0.6) is 0 Å². The number of aromatic nitrogens is 2. The number of para-hydroxylation sites is 1. The molecule has 0 saturated carbocycles. The summed E-state index contributed by atoms with van der Waals surface area (Å²) in [7, 11) is 0. The smallest absolute Gasteiger partial charge is 0.261 e. The van der Waals surface area contributed by atoms with Gasteiger partial charge in [-0.25, -0.2) is 4.98 Å². The van der Waals surface area contributed by atoms with Crippen LogP contribution in [-0.4, -0.2) is 9.55 Å². The lowest BCUT2D eigenvalue weighted by atomic mass is 10.2. The maximum Gasteiger partial charge on any atom is 0.261 e. The van der Waals surface area contributed by atoms with Gasteiger partial charge in [0, 0.05) is 0 Å². The first-order chi connectivity index (χ1) is 9.79. The van der Waals surface area contributed by atoms with Crippen molar-refractivity contribution in [2.24, 2.45) is 5.73 Å². The average molecular weight is 265 g/mol. The molecule has 3 aromatic rings. The molecule has 0 aliphatic carbocycles. The zero-order chi connectivity index (χ0) is 13.9. The Hall–Kier alpha value is -2.46.